The van der Waals surface area contributed by atoms with Gasteiger partial charge in [0.2, 0.25) is 5.91 Å². The van der Waals surface area contributed by atoms with Crippen molar-refractivity contribution in [3.8, 4) is 5.75 Å². The maximum Gasteiger partial charge on any atom is 0.223 e. The van der Waals surface area contributed by atoms with Crippen LogP contribution in [0.15, 0.2) is 18.2 Å². The molecule has 0 spiro atoms. The summed E-state index contributed by atoms with van der Waals surface area (Å²) in [6, 6.07) is 6.25. The maximum atomic E-state index is 11.9. The lowest BCUT2D eigenvalue weighted by molar-refractivity contribution is -0.122. The predicted molar refractivity (Wildman–Crippen MR) is 91.6 cm³/mol. The van der Waals surface area contributed by atoms with E-state index in [0.29, 0.717) is 25.5 Å². The van der Waals surface area contributed by atoms with Gasteiger partial charge in [-0.2, -0.15) is 0 Å². The van der Waals surface area contributed by atoms with Crippen LogP contribution in [0.5, 0.6) is 5.75 Å². The number of carbonyl (C=O) groups is 1. The van der Waals surface area contributed by atoms with Crippen molar-refractivity contribution < 1.29 is 9.53 Å². The zero-order valence-corrected chi connectivity index (χ0v) is 14.2. The lowest BCUT2D eigenvalue weighted by atomic mass is 10.0. The van der Waals surface area contributed by atoms with E-state index in [2.05, 4.69) is 19.2 Å². The number of nitrogens with two attached hydrogens (primary N) is 1. The first kappa shape index (κ1) is 18.8. The van der Waals surface area contributed by atoms with Gasteiger partial charge in [0.15, 0.2) is 0 Å². The number of ether oxygens (including phenoxy) is 1. The minimum Gasteiger partial charge on any atom is -0.493 e. The highest BCUT2D eigenvalue weighted by Gasteiger charge is 2.27. The van der Waals surface area contributed by atoms with Crippen molar-refractivity contribution in [3.05, 3.63) is 29.3 Å². The van der Waals surface area contributed by atoms with Gasteiger partial charge in [0.05, 0.1) is 13.0 Å². The summed E-state index contributed by atoms with van der Waals surface area (Å²) in [6.07, 6.45) is 3.72. The number of amides is 1. The average molecular weight is 327 g/mol. The molecule has 1 saturated carbocycles. The van der Waals surface area contributed by atoms with E-state index in [0.717, 1.165) is 25.0 Å². The third kappa shape index (κ3) is 5.18. The molecule has 1 aromatic rings. The van der Waals surface area contributed by atoms with Crippen LogP contribution in [0.2, 0.25) is 0 Å². The van der Waals surface area contributed by atoms with Gasteiger partial charge in [0.25, 0.3) is 0 Å². The van der Waals surface area contributed by atoms with Crippen LogP contribution in [-0.2, 0) is 4.79 Å². The molecule has 1 fully saturated rings. The summed E-state index contributed by atoms with van der Waals surface area (Å²) in [4.78, 5) is 11.9. The first-order valence-electron chi connectivity index (χ1n) is 7.79. The van der Waals surface area contributed by atoms with Gasteiger partial charge >= 0.3 is 0 Å². The van der Waals surface area contributed by atoms with Gasteiger partial charge in [0, 0.05) is 6.04 Å². The zero-order valence-electron chi connectivity index (χ0n) is 13.4. The molecule has 1 aromatic carbocycles. The van der Waals surface area contributed by atoms with Gasteiger partial charge in [-0.3, -0.25) is 4.79 Å². The number of nitrogens with one attached hydrogen (secondary N) is 1. The lowest BCUT2D eigenvalue weighted by Crippen LogP contribution is -2.40. The second-order valence-corrected chi connectivity index (χ2v) is 5.95. The minimum absolute atomic E-state index is 0. The Morgan fingerprint density at radius 1 is 1.32 bits per heavy atom. The summed E-state index contributed by atoms with van der Waals surface area (Å²) in [5, 5.41) is 3.09. The SMILES string of the molecule is Cc1ccc(OCCC(=O)NC2CCCC2CN)cc1C.Cl. The van der Waals surface area contributed by atoms with Gasteiger partial charge in [-0.05, 0) is 62.4 Å². The summed E-state index contributed by atoms with van der Waals surface area (Å²) in [7, 11) is 0. The Morgan fingerprint density at radius 3 is 2.77 bits per heavy atom. The number of halogens is 1. The fourth-order valence-corrected chi connectivity index (χ4v) is 2.85. The van der Waals surface area contributed by atoms with Crippen LogP contribution in [0, 0.1) is 19.8 Å². The van der Waals surface area contributed by atoms with Crippen LogP contribution in [0.25, 0.3) is 0 Å². The van der Waals surface area contributed by atoms with E-state index in [1.165, 1.54) is 11.1 Å². The molecule has 0 aliphatic heterocycles. The predicted octanol–water partition coefficient (Wildman–Crippen LogP) is 2.74. The number of benzene rings is 1. The number of hydrogen-bond donors (Lipinski definition) is 2. The highest BCUT2D eigenvalue weighted by Crippen LogP contribution is 2.24. The molecule has 0 radical (unpaired) electrons. The van der Waals surface area contributed by atoms with E-state index in [-0.39, 0.29) is 24.4 Å². The maximum absolute atomic E-state index is 11.9. The molecule has 1 amide bonds. The fourth-order valence-electron chi connectivity index (χ4n) is 2.85. The number of rotatable bonds is 6. The molecule has 5 heteroatoms. The molecule has 0 heterocycles. The van der Waals surface area contributed by atoms with Crippen molar-refractivity contribution >= 4 is 18.3 Å². The van der Waals surface area contributed by atoms with E-state index in [1.54, 1.807) is 0 Å². The van der Waals surface area contributed by atoms with Crippen LogP contribution in [0.4, 0.5) is 0 Å². The van der Waals surface area contributed by atoms with Crippen molar-refractivity contribution in [2.24, 2.45) is 11.7 Å². The lowest BCUT2D eigenvalue weighted by Gasteiger charge is -2.19. The molecule has 1 aliphatic carbocycles. The molecular weight excluding hydrogens is 300 g/mol. The topological polar surface area (TPSA) is 64.3 Å². The van der Waals surface area contributed by atoms with Gasteiger partial charge in [-0.1, -0.05) is 12.5 Å². The normalized spacial score (nSPS) is 20.3. The van der Waals surface area contributed by atoms with Gasteiger partial charge < -0.3 is 15.8 Å². The molecular formula is C17H27ClN2O2. The molecule has 124 valence electrons. The molecule has 0 saturated heterocycles. The van der Waals surface area contributed by atoms with Crippen molar-refractivity contribution in [1.29, 1.82) is 0 Å². The molecule has 2 rings (SSSR count). The molecule has 0 bridgehead atoms. The molecule has 4 nitrogen and oxygen atoms in total. The molecule has 2 unspecified atom stereocenters. The molecule has 2 atom stereocenters. The minimum atomic E-state index is 0. The molecule has 3 N–H and O–H groups in total. The van der Waals surface area contributed by atoms with Gasteiger partial charge in [-0.25, -0.2) is 0 Å². The second-order valence-electron chi connectivity index (χ2n) is 5.95. The van der Waals surface area contributed by atoms with Gasteiger partial charge in [-0.15, -0.1) is 12.4 Å². The fraction of sp³-hybridized carbons (Fsp3) is 0.588. The number of hydrogen-bond acceptors (Lipinski definition) is 3. The Labute approximate surface area is 139 Å². The van der Waals surface area contributed by atoms with E-state index in [4.69, 9.17) is 10.5 Å². The Hall–Kier alpha value is -1.26. The van der Waals surface area contributed by atoms with E-state index in [1.807, 2.05) is 18.2 Å². The van der Waals surface area contributed by atoms with E-state index < -0.39 is 0 Å². The Morgan fingerprint density at radius 2 is 2.09 bits per heavy atom. The summed E-state index contributed by atoms with van der Waals surface area (Å²) in [5.74, 6) is 1.32. The van der Waals surface area contributed by atoms with Crippen LogP contribution >= 0.6 is 12.4 Å². The summed E-state index contributed by atoms with van der Waals surface area (Å²) >= 11 is 0. The van der Waals surface area contributed by atoms with E-state index >= 15 is 0 Å². The molecule has 1 aliphatic rings. The smallest absolute Gasteiger partial charge is 0.223 e. The van der Waals surface area contributed by atoms with Crippen molar-refractivity contribution in [3.63, 3.8) is 0 Å². The van der Waals surface area contributed by atoms with Crippen molar-refractivity contribution in [2.45, 2.75) is 45.6 Å². The summed E-state index contributed by atoms with van der Waals surface area (Å²) in [6.45, 7) is 5.20. The highest BCUT2D eigenvalue weighted by molar-refractivity contribution is 5.85. The van der Waals surface area contributed by atoms with Crippen LogP contribution in [0.1, 0.15) is 36.8 Å². The standard InChI is InChI=1S/C17H26N2O2.ClH/c1-12-6-7-15(10-13(12)2)21-9-8-17(20)19-16-5-3-4-14(16)11-18;/h6-7,10,14,16H,3-5,8-9,11,18H2,1-2H3,(H,19,20);1H. The summed E-state index contributed by atoms with van der Waals surface area (Å²) < 4.78 is 5.64. The Bertz CT molecular complexity index is 494. The quantitative estimate of drug-likeness (QED) is 0.844. The third-order valence-corrected chi connectivity index (χ3v) is 4.38. The van der Waals surface area contributed by atoms with Crippen molar-refractivity contribution in [2.75, 3.05) is 13.2 Å². The molecule has 0 aromatic heterocycles. The van der Waals surface area contributed by atoms with Crippen molar-refractivity contribution in [1.82, 2.24) is 5.32 Å². The Balaban J connectivity index is 0.00000242. The first-order valence-corrected chi connectivity index (χ1v) is 7.79. The highest BCUT2D eigenvalue weighted by atomic mass is 35.5. The van der Waals surface area contributed by atoms with Crippen LogP contribution < -0.4 is 15.8 Å². The number of carbonyl (C=O) groups excluding carboxylic acids is 1. The van der Waals surface area contributed by atoms with Gasteiger partial charge in [0.1, 0.15) is 5.75 Å². The first-order chi connectivity index (χ1) is 10.1. The Kier molecular flexibility index (Phi) is 7.69. The van der Waals surface area contributed by atoms with Crippen LogP contribution in [-0.4, -0.2) is 25.1 Å². The largest absolute Gasteiger partial charge is 0.493 e. The third-order valence-electron chi connectivity index (χ3n) is 4.38. The molecule has 22 heavy (non-hydrogen) atoms. The monoisotopic (exact) mass is 326 g/mol. The summed E-state index contributed by atoms with van der Waals surface area (Å²) in [5.41, 5.74) is 8.17. The van der Waals surface area contributed by atoms with Crippen LogP contribution in [0.3, 0.4) is 0 Å². The average Bonchev–Trinajstić information content (AvgIpc) is 2.90. The number of aryl methyl sites for hydroxylation is 2. The zero-order chi connectivity index (χ0) is 15.2. The van der Waals surface area contributed by atoms with E-state index in [9.17, 15) is 4.79 Å². The second kappa shape index (κ2) is 9.01.